The Morgan fingerprint density at radius 3 is 2.16 bits per heavy atom. The standard InChI is InChI=1S/C24H25N3O4/c1-26(2)22-13-12-21(14-23(22)27(29)30)24(28)25-15-18-8-10-20(11-9-18)17-31-16-19-6-4-3-5-7-19/h3-14H,15-17H2,1-2H3,(H,25,28). The Balaban J connectivity index is 1.53. The number of hydrogen-bond acceptors (Lipinski definition) is 5. The maximum atomic E-state index is 12.4. The molecule has 3 aromatic carbocycles. The number of anilines is 1. The molecular formula is C24H25N3O4. The van der Waals surface area contributed by atoms with Crippen LogP contribution in [0.4, 0.5) is 11.4 Å². The van der Waals surface area contributed by atoms with Gasteiger partial charge in [-0.3, -0.25) is 14.9 Å². The molecule has 0 radical (unpaired) electrons. The number of hydrogen-bond donors (Lipinski definition) is 1. The van der Waals surface area contributed by atoms with Gasteiger partial charge in [-0.2, -0.15) is 0 Å². The lowest BCUT2D eigenvalue weighted by Crippen LogP contribution is -2.23. The molecule has 0 spiro atoms. The van der Waals surface area contributed by atoms with Crippen LogP contribution in [0.2, 0.25) is 0 Å². The number of ether oxygens (including phenoxy) is 1. The Kier molecular flexibility index (Phi) is 7.35. The van der Waals surface area contributed by atoms with Gasteiger partial charge < -0.3 is 15.0 Å². The molecule has 0 fully saturated rings. The Morgan fingerprint density at radius 2 is 1.55 bits per heavy atom. The fourth-order valence-corrected chi connectivity index (χ4v) is 3.09. The third-order valence-electron chi connectivity index (χ3n) is 4.77. The second-order valence-corrected chi connectivity index (χ2v) is 7.33. The first-order chi connectivity index (χ1) is 14.9. The van der Waals surface area contributed by atoms with Gasteiger partial charge in [0, 0.05) is 32.3 Å². The molecule has 0 unspecified atom stereocenters. The van der Waals surface area contributed by atoms with Crippen molar-refractivity contribution in [2.45, 2.75) is 19.8 Å². The molecular weight excluding hydrogens is 394 g/mol. The van der Waals surface area contributed by atoms with E-state index in [9.17, 15) is 14.9 Å². The molecule has 7 heteroatoms. The second-order valence-electron chi connectivity index (χ2n) is 7.33. The third-order valence-corrected chi connectivity index (χ3v) is 4.77. The molecule has 160 valence electrons. The van der Waals surface area contributed by atoms with Gasteiger partial charge in [-0.1, -0.05) is 54.6 Å². The first-order valence-electron chi connectivity index (χ1n) is 9.87. The highest BCUT2D eigenvalue weighted by molar-refractivity contribution is 5.95. The van der Waals surface area contributed by atoms with E-state index < -0.39 is 4.92 Å². The molecule has 31 heavy (non-hydrogen) atoms. The first-order valence-corrected chi connectivity index (χ1v) is 9.87. The molecule has 0 aliphatic heterocycles. The molecule has 0 aliphatic rings. The number of amides is 1. The van der Waals surface area contributed by atoms with Gasteiger partial charge in [0.1, 0.15) is 5.69 Å². The second kappa shape index (κ2) is 10.4. The zero-order valence-corrected chi connectivity index (χ0v) is 17.6. The fraction of sp³-hybridized carbons (Fsp3) is 0.208. The molecule has 0 aliphatic carbocycles. The zero-order valence-electron chi connectivity index (χ0n) is 17.6. The van der Waals surface area contributed by atoms with Crippen LogP contribution in [0.1, 0.15) is 27.0 Å². The summed E-state index contributed by atoms with van der Waals surface area (Å²) >= 11 is 0. The van der Waals surface area contributed by atoms with Gasteiger partial charge in [0.25, 0.3) is 11.6 Å². The molecule has 0 saturated heterocycles. The summed E-state index contributed by atoms with van der Waals surface area (Å²) in [4.78, 5) is 24.9. The number of nitrogens with zero attached hydrogens (tertiary/aromatic N) is 2. The lowest BCUT2D eigenvalue weighted by atomic mass is 10.1. The molecule has 0 bridgehead atoms. The molecule has 1 amide bonds. The summed E-state index contributed by atoms with van der Waals surface area (Å²) < 4.78 is 5.73. The first kappa shape index (κ1) is 22.0. The molecule has 0 heterocycles. The molecule has 3 aromatic rings. The van der Waals surface area contributed by atoms with E-state index >= 15 is 0 Å². The quantitative estimate of drug-likeness (QED) is 0.413. The normalized spacial score (nSPS) is 10.5. The van der Waals surface area contributed by atoms with E-state index in [1.54, 1.807) is 31.1 Å². The predicted molar refractivity (Wildman–Crippen MR) is 120 cm³/mol. The Labute approximate surface area is 181 Å². The highest BCUT2D eigenvalue weighted by Gasteiger charge is 2.18. The fourth-order valence-electron chi connectivity index (χ4n) is 3.09. The van der Waals surface area contributed by atoms with Crippen LogP contribution in [0.3, 0.4) is 0 Å². The van der Waals surface area contributed by atoms with E-state index in [2.05, 4.69) is 5.32 Å². The van der Waals surface area contributed by atoms with Crippen molar-refractivity contribution in [3.05, 3.63) is 105 Å². The summed E-state index contributed by atoms with van der Waals surface area (Å²) in [5, 5.41) is 14.1. The van der Waals surface area contributed by atoms with E-state index in [1.165, 1.54) is 6.07 Å². The molecule has 0 saturated carbocycles. The number of benzene rings is 3. The van der Waals surface area contributed by atoms with E-state index in [1.807, 2.05) is 54.6 Å². The SMILES string of the molecule is CN(C)c1ccc(C(=O)NCc2ccc(COCc3ccccc3)cc2)cc1[N+](=O)[O-]. The minimum Gasteiger partial charge on any atom is -0.372 e. The van der Waals surface area contributed by atoms with Crippen LogP contribution in [0.15, 0.2) is 72.8 Å². The molecule has 1 N–H and O–H groups in total. The van der Waals surface area contributed by atoms with E-state index in [0.29, 0.717) is 25.4 Å². The van der Waals surface area contributed by atoms with Gasteiger partial charge in [0.2, 0.25) is 0 Å². The van der Waals surface area contributed by atoms with Crippen molar-refractivity contribution in [3.63, 3.8) is 0 Å². The van der Waals surface area contributed by atoms with Crippen LogP contribution < -0.4 is 10.2 Å². The maximum absolute atomic E-state index is 12.4. The molecule has 0 aromatic heterocycles. The Morgan fingerprint density at radius 1 is 0.935 bits per heavy atom. The van der Waals surface area contributed by atoms with E-state index in [0.717, 1.165) is 16.7 Å². The average molecular weight is 419 g/mol. The molecule has 7 nitrogen and oxygen atoms in total. The van der Waals surface area contributed by atoms with Crippen LogP contribution in [-0.2, 0) is 24.5 Å². The van der Waals surface area contributed by atoms with Crippen LogP contribution in [0.5, 0.6) is 0 Å². The van der Waals surface area contributed by atoms with Gasteiger partial charge >= 0.3 is 0 Å². The summed E-state index contributed by atoms with van der Waals surface area (Å²) in [7, 11) is 3.44. The minimum absolute atomic E-state index is 0.0995. The largest absolute Gasteiger partial charge is 0.372 e. The van der Waals surface area contributed by atoms with Crippen molar-refractivity contribution >= 4 is 17.3 Å². The number of carbonyl (C=O) groups is 1. The van der Waals surface area contributed by atoms with Gasteiger partial charge in [-0.05, 0) is 28.8 Å². The van der Waals surface area contributed by atoms with Gasteiger partial charge in [-0.15, -0.1) is 0 Å². The summed E-state index contributed by atoms with van der Waals surface area (Å²) in [6.07, 6.45) is 0. The highest BCUT2D eigenvalue weighted by atomic mass is 16.6. The summed E-state index contributed by atoms with van der Waals surface area (Å²) in [6.45, 7) is 1.38. The number of nitro benzene ring substituents is 1. The number of nitrogens with one attached hydrogen (secondary N) is 1. The zero-order chi connectivity index (χ0) is 22.2. The number of rotatable bonds is 9. The minimum atomic E-state index is -0.481. The van der Waals surface area contributed by atoms with Crippen molar-refractivity contribution in [2.75, 3.05) is 19.0 Å². The monoisotopic (exact) mass is 419 g/mol. The van der Waals surface area contributed by atoms with Crippen molar-refractivity contribution in [2.24, 2.45) is 0 Å². The Hall–Kier alpha value is -3.71. The average Bonchev–Trinajstić information content (AvgIpc) is 2.78. The van der Waals surface area contributed by atoms with E-state index in [4.69, 9.17) is 4.74 Å². The van der Waals surface area contributed by atoms with Crippen LogP contribution >= 0.6 is 0 Å². The van der Waals surface area contributed by atoms with Crippen LogP contribution in [0.25, 0.3) is 0 Å². The Bertz CT molecular complexity index is 1030. The summed E-state index contributed by atoms with van der Waals surface area (Å²) in [6, 6.07) is 22.2. The summed E-state index contributed by atoms with van der Waals surface area (Å²) in [5.41, 5.74) is 3.70. The van der Waals surface area contributed by atoms with Crippen molar-refractivity contribution in [1.29, 1.82) is 0 Å². The highest BCUT2D eigenvalue weighted by Crippen LogP contribution is 2.27. The maximum Gasteiger partial charge on any atom is 0.293 e. The van der Waals surface area contributed by atoms with Crippen molar-refractivity contribution < 1.29 is 14.5 Å². The lowest BCUT2D eigenvalue weighted by molar-refractivity contribution is -0.384. The van der Waals surface area contributed by atoms with Crippen molar-refractivity contribution in [3.8, 4) is 0 Å². The van der Waals surface area contributed by atoms with Crippen LogP contribution in [-0.4, -0.2) is 24.9 Å². The lowest BCUT2D eigenvalue weighted by Gasteiger charge is -2.13. The predicted octanol–water partition coefficient (Wildman–Crippen LogP) is 4.31. The van der Waals surface area contributed by atoms with Crippen LogP contribution in [0, 0.1) is 10.1 Å². The van der Waals surface area contributed by atoms with Gasteiger partial charge in [0.15, 0.2) is 0 Å². The van der Waals surface area contributed by atoms with Crippen molar-refractivity contribution in [1.82, 2.24) is 5.32 Å². The van der Waals surface area contributed by atoms with E-state index in [-0.39, 0.29) is 17.2 Å². The van der Waals surface area contributed by atoms with Gasteiger partial charge in [0.05, 0.1) is 18.1 Å². The summed E-state index contributed by atoms with van der Waals surface area (Å²) in [5.74, 6) is -0.358. The topological polar surface area (TPSA) is 84.7 Å². The van der Waals surface area contributed by atoms with Gasteiger partial charge in [-0.25, -0.2) is 0 Å². The number of carbonyl (C=O) groups excluding carboxylic acids is 1. The third kappa shape index (κ3) is 6.13. The number of nitro groups is 1. The smallest absolute Gasteiger partial charge is 0.293 e. The molecule has 3 rings (SSSR count). The molecule has 0 atom stereocenters.